The second kappa shape index (κ2) is 6.56. The number of fused-ring (bicyclic) bond motifs is 1. The van der Waals surface area contributed by atoms with Gasteiger partial charge in [-0.15, -0.1) is 11.0 Å². The average Bonchev–Trinajstić information content (AvgIpc) is 2.96. The molecular weight excluding hydrogens is 304 g/mol. The summed E-state index contributed by atoms with van der Waals surface area (Å²) < 4.78 is 3.41. The van der Waals surface area contributed by atoms with Crippen molar-refractivity contribution in [2.45, 2.75) is 32.7 Å². The maximum absolute atomic E-state index is 12.8. The molecule has 0 amide bonds. The zero-order valence-electron chi connectivity index (χ0n) is 14.9. The monoisotopic (exact) mass is 329 g/mol. The van der Waals surface area contributed by atoms with Gasteiger partial charge < -0.3 is 4.90 Å². The number of imidazole rings is 1. The minimum absolute atomic E-state index is 0.104. The van der Waals surface area contributed by atoms with E-state index in [1.807, 2.05) is 30.5 Å². The Morgan fingerprint density at radius 3 is 2.62 bits per heavy atom. The molecule has 0 saturated carbocycles. The molecule has 128 valence electrons. The van der Waals surface area contributed by atoms with Gasteiger partial charge in [-0.05, 0) is 26.2 Å². The number of H-pyrrole nitrogens is 1. The lowest BCUT2D eigenvalue weighted by molar-refractivity contribution is -0.646. The normalized spacial score (nSPS) is 14.6. The van der Waals surface area contributed by atoms with E-state index < -0.39 is 0 Å². The number of aryl methyl sites for hydroxylation is 1. The van der Waals surface area contributed by atoms with Crippen molar-refractivity contribution in [3.8, 4) is 11.8 Å². The van der Waals surface area contributed by atoms with E-state index in [1.54, 1.807) is 7.05 Å². The van der Waals surface area contributed by atoms with Crippen LogP contribution in [0.25, 0.3) is 11.0 Å². The zero-order valence-corrected chi connectivity index (χ0v) is 14.9. The molecule has 1 saturated heterocycles. The third-order valence-corrected chi connectivity index (χ3v) is 4.46. The molecule has 0 unspecified atom stereocenters. The summed E-state index contributed by atoms with van der Waals surface area (Å²) >= 11 is 0. The lowest BCUT2D eigenvalue weighted by Gasteiger charge is -2.21. The van der Waals surface area contributed by atoms with Crippen molar-refractivity contribution in [1.29, 1.82) is 0 Å². The maximum Gasteiger partial charge on any atom is 0.359 e. The first-order valence-electron chi connectivity index (χ1n) is 8.39. The smallest absolute Gasteiger partial charge is 0.358 e. The molecule has 1 aliphatic heterocycles. The van der Waals surface area contributed by atoms with Gasteiger partial charge in [0.05, 0.1) is 13.1 Å². The van der Waals surface area contributed by atoms with Crippen LogP contribution in [0.3, 0.4) is 0 Å². The van der Waals surface area contributed by atoms with Crippen LogP contribution in [0.5, 0.6) is 0 Å². The summed E-state index contributed by atoms with van der Waals surface area (Å²) in [5, 5.41) is 4.41. The number of nitrogens with one attached hydrogen (secondary N) is 1. The van der Waals surface area contributed by atoms with Crippen LogP contribution in [0, 0.1) is 11.8 Å². The first-order valence-corrected chi connectivity index (χ1v) is 8.39. The highest BCUT2D eigenvalue weighted by Crippen LogP contribution is 2.22. The molecule has 7 heteroatoms. The Kier molecular flexibility index (Phi) is 4.47. The molecule has 24 heavy (non-hydrogen) atoms. The highest BCUT2D eigenvalue weighted by Gasteiger charge is 2.29. The van der Waals surface area contributed by atoms with Crippen LogP contribution < -0.4 is 19.9 Å². The van der Waals surface area contributed by atoms with Crippen LogP contribution in [-0.4, -0.2) is 41.9 Å². The van der Waals surface area contributed by atoms with Crippen molar-refractivity contribution < 1.29 is 4.57 Å². The van der Waals surface area contributed by atoms with Gasteiger partial charge in [0, 0.05) is 21.1 Å². The quantitative estimate of drug-likeness (QED) is 0.663. The second-order valence-electron chi connectivity index (χ2n) is 6.38. The SMILES string of the molecule is CC#CC[n+]1c(N2CCCCC2)[nH]c2c(N(C)C)nn(C)c(=O)c21. The molecule has 2 aromatic heterocycles. The van der Waals surface area contributed by atoms with Crippen LogP contribution >= 0.6 is 0 Å². The van der Waals surface area contributed by atoms with Gasteiger partial charge in [0.25, 0.3) is 0 Å². The van der Waals surface area contributed by atoms with Crippen LogP contribution in [-0.2, 0) is 13.6 Å². The van der Waals surface area contributed by atoms with Gasteiger partial charge in [0.1, 0.15) is 6.54 Å². The Morgan fingerprint density at radius 2 is 2.00 bits per heavy atom. The minimum Gasteiger partial charge on any atom is -0.358 e. The highest BCUT2D eigenvalue weighted by atomic mass is 16.1. The Hall–Kier alpha value is -2.49. The Bertz CT molecular complexity index is 861. The molecule has 2 aromatic rings. The summed E-state index contributed by atoms with van der Waals surface area (Å²) in [6, 6.07) is 0. The van der Waals surface area contributed by atoms with Gasteiger partial charge >= 0.3 is 11.5 Å². The molecule has 0 bridgehead atoms. The predicted octanol–water partition coefficient (Wildman–Crippen LogP) is 0.629. The predicted molar refractivity (Wildman–Crippen MR) is 95.4 cm³/mol. The number of rotatable bonds is 3. The minimum atomic E-state index is -0.104. The highest BCUT2D eigenvalue weighted by molar-refractivity contribution is 5.84. The number of nitrogens with zero attached hydrogens (tertiary/aromatic N) is 5. The summed E-state index contributed by atoms with van der Waals surface area (Å²) in [7, 11) is 5.56. The molecule has 3 rings (SSSR count). The fourth-order valence-corrected chi connectivity index (χ4v) is 3.23. The summed E-state index contributed by atoms with van der Waals surface area (Å²) in [4.78, 5) is 20.5. The van der Waals surface area contributed by atoms with Gasteiger partial charge in [-0.1, -0.05) is 5.92 Å². The third-order valence-electron chi connectivity index (χ3n) is 4.46. The lowest BCUT2D eigenvalue weighted by Crippen LogP contribution is -2.45. The van der Waals surface area contributed by atoms with E-state index >= 15 is 0 Å². The van der Waals surface area contributed by atoms with Gasteiger partial charge in [-0.3, -0.25) is 9.69 Å². The van der Waals surface area contributed by atoms with Crippen LogP contribution in [0.2, 0.25) is 0 Å². The molecule has 0 radical (unpaired) electrons. The van der Waals surface area contributed by atoms with Crippen molar-refractivity contribution in [2.24, 2.45) is 7.05 Å². The number of hydrogen-bond acceptors (Lipinski definition) is 4. The Balaban J connectivity index is 2.29. The fourth-order valence-electron chi connectivity index (χ4n) is 3.23. The van der Waals surface area contributed by atoms with E-state index in [2.05, 4.69) is 26.8 Å². The Labute approximate surface area is 141 Å². The molecule has 1 aliphatic rings. The number of anilines is 2. The molecule has 1 N–H and O–H groups in total. The fraction of sp³-hybridized carbons (Fsp3) is 0.588. The Morgan fingerprint density at radius 1 is 1.29 bits per heavy atom. The van der Waals surface area contributed by atoms with E-state index in [9.17, 15) is 4.79 Å². The van der Waals surface area contributed by atoms with Gasteiger partial charge in [-0.2, -0.15) is 0 Å². The molecule has 0 aromatic carbocycles. The molecule has 3 heterocycles. The van der Waals surface area contributed by atoms with E-state index in [-0.39, 0.29) is 5.56 Å². The van der Waals surface area contributed by atoms with Gasteiger partial charge in [0.2, 0.25) is 5.52 Å². The zero-order chi connectivity index (χ0) is 17.3. The largest absolute Gasteiger partial charge is 0.359 e. The van der Waals surface area contributed by atoms with Crippen LogP contribution in [0.15, 0.2) is 4.79 Å². The third kappa shape index (κ3) is 2.73. The summed E-state index contributed by atoms with van der Waals surface area (Å²) in [5.74, 6) is 7.75. The van der Waals surface area contributed by atoms with Crippen LogP contribution in [0.1, 0.15) is 26.2 Å². The van der Waals surface area contributed by atoms with Gasteiger partial charge in [-0.25, -0.2) is 14.2 Å². The molecule has 0 aliphatic carbocycles. The number of hydrogen-bond donors (Lipinski definition) is 1. The van der Waals surface area contributed by atoms with Crippen molar-refractivity contribution in [1.82, 2.24) is 14.8 Å². The first kappa shape index (κ1) is 16.4. The van der Waals surface area contributed by atoms with Crippen molar-refractivity contribution in [3.05, 3.63) is 10.4 Å². The van der Waals surface area contributed by atoms with Crippen molar-refractivity contribution in [2.75, 3.05) is 37.0 Å². The standard InChI is InChI=1S/C17H24N6O/c1-5-6-12-23-14-13(15(20(2)3)19-21(4)16(14)24)18-17(23)22-10-8-7-9-11-22/h7-12H2,1-4H3/p+1. The summed E-state index contributed by atoms with van der Waals surface area (Å²) in [6.45, 7) is 4.31. The van der Waals surface area contributed by atoms with E-state index in [0.29, 0.717) is 12.1 Å². The molecule has 0 atom stereocenters. The van der Waals surface area contributed by atoms with Crippen molar-refractivity contribution in [3.63, 3.8) is 0 Å². The lowest BCUT2D eigenvalue weighted by atomic mass is 10.1. The molecule has 7 nitrogen and oxygen atoms in total. The summed E-state index contributed by atoms with van der Waals surface area (Å²) in [5.41, 5.74) is 1.31. The first-order chi connectivity index (χ1) is 11.5. The molecule has 0 spiro atoms. The second-order valence-corrected chi connectivity index (χ2v) is 6.38. The maximum atomic E-state index is 12.8. The van der Waals surface area contributed by atoms with Crippen LogP contribution in [0.4, 0.5) is 11.8 Å². The topological polar surface area (TPSA) is 61.0 Å². The number of piperidine rings is 1. The number of aromatic amines is 1. The van der Waals surface area contributed by atoms with E-state index in [0.717, 1.165) is 30.4 Å². The van der Waals surface area contributed by atoms with E-state index in [4.69, 9.17) is 0 Å². The average molecular weight is 329 g/mol. The number of aromatic nitrogens is 4. The molecular formula is C17H25N6O+. The van der Waals surface area contributed by atoms with Gasteiger partial charge in [0.15, 0.2) is 11.3 Å². The van der Waals surface area contributed by atoms with Crippen molar-refractivity contribution >= 4 is 22.8 Å². The van der Waals surface area contributed by atoms with E-state index in [1.165, 1.54) is 23.9 Å². The molecule has 1 fully saturated rings. The summed E-state index contributed by atoms with van der Waals surface area (Å²) in [6.07, 6.45) is 3.61.